The zero-order valence-corrected chi connectivity index (χ0v) is 16.4. The number of hydrogen-bond acceptors (Lipinski definition) is 7. The molecule has 0 aromatic heterocycles. The van der Waals surface area contributed by atoms with Crippen molar-refractivity contribution in [3.63, 3.8) is 0 Å². The molecule has 1 aromatic carbocycles. The van der Waals surface area contributed by atoms with Crippen molar-refractivity contribution in [2.24, 2.45) is 0 Å². The number of benzene rings is 1. The molecule has 0 saturated carbocycles. The van der Waals surface area contributed by atoms with Crippen molar-refractivity contribution >= 4 is 5.91 Å². The van der Waals surface area contributed by atoms with Crippen LogP contribution in [0.5, 0.6) is 5.75 Å². The van der Waals surface area contributed by atoms with Crippen LogP contribution in [0.3, 0.4) is 0 Å². The molecule has 0 bridgehead atoms. The molecule has 2 fully saturated rings. The number of nitrogens with one attached hydrogen (secondary N) is 1. The van der Waals surface area contributed by atoms with Crippen LogP contribution in [0.2, 0.25) is 0 Å². The number of aliphatic hydroxyl groups is 2. The lowest BCUT2D eigenvalue weighted by Gasteiger charge is -2.34. The minimum absolute atomic E-state index is 0.200. The van der Waals surface area contributed by atoms with Gasteiger partial charge >= 0.3 is 0 Å². The molecule has 5 atom stereocenters. The number of amides is 1. The second-order valence-corrected chi connectivity index (χ2v) is 7.30. The van der Waals surface area contributed by atoms with Gasteiger partial charge in [0.2, 0.25) is 0 Å². The number of methoxy groups -OCH3 is 2. The first-order valence-electron chi connectivity index (χ1n) is 9.70. The third-order valence-electron chi connectivity index (χ3n) is 5.62. The maximum Gasteiger partial charge on any atom is 0.251 e. The van der Waals surface area contributed by atoms with E-state index in [1.54, 1.807) is 38.5 Å². The number of likely N-dealkylation sites (tertiary alicyclic amines) is 1. The van der Waals surface area contributed by atoms with E-state index in [2.05, 4.69) is 10.2 Å². The van der Waals surface area contributed by atoms with Gasteiger partial charge in [0.15, 0.2) is 0 Å². The average molecular weight is 394 g/mol. The lowest BCUT2D eigenvalue weighted by Crippen LogP contribution is -2.53. The number of hydrogen-bond donors (Lipinski definition) is 3. The topological polar surface area (TPSA) is 100 Å². The summed E-state index contributed by atoms with van der Waals surface area (Å²) in [5.41, 5.74) is 0.521. The Bertz CT molecular complexity index is 640. The fraction of sp³-hybridized carbons (Fsp3) is 0.650. The van der Waals surface area contributed by atoms with E-state index in [4.69, 9.17) is 14.2 Å². The molecule has 1 amide bonds. The van der Waals surface area contributed by atoms with E-state index < -0.39 is 18.3 Å². The standard InChI is InChI=1S/C20H30N2O6/c1-26-12-14-4-3-9-22(14)18-16(28-17(11-23)19(18)24)10-21-20(25)13-5-7-15(27-2)8-6-13/h5-8,14,16-19,23-24H,3-4,9-12H2,1-2H3,(H,21,25)/t14-,16-,17+,18+,19-/m1/s1. The Morgan fingerprint density at radius 1 is 1.29 bits per heavy atom. The minimum Gasteiger partial charge on any atom is -0.497 e. The predicted octanol–water partition coefficient (Wildman–Crippen LogP) is 0.0250. The van der Waals surface area contributed by atoms with Gasteiger partial charge in [0.25, 0.3) is 5.91 Å². The summed E-state index contributed by atoms with van der Waals surface area (Å²) in [7, 11) is 3.24. The maximum atomic E-state index is 12.5. The molecule has 2 aliphatic heterocycles. The number of carbonyl (C=O) groups is 1. The molecule has 3 rings (SSSR count). The lowest BCUT2D eigenvalue weighted by atomic mass is 10.0. The number of ether oxygens (including phenoxy) is 3. The van der Waals surface area contributed by atoms with Crippen molar-refractivity contribution in [2.75, 3.05) is 40.5 Å². The molecular formula is C20H30N2O6. The molecule has 2 aliphatic rings. The summed E-state index contributed by atoms with van der Waals surface area (Å²) < 4.78 is 16.3. The Labute approximate surface area is 165 Å². The highest BCUT2D eigenvalue weighted by Gasteiger charge is 2.48. The molecule has 156 valence electrons. The average Bonchev–Trinajstić information content (AvgIpc) is 3.29. The van der Waals surface area contributed by atoms with Gasteiger partial charge in [-0.05, 0) is 43.7 Å². The Hall–Kier alpha value is -1.71. The Morgan fingerprint density at radius 2 is 2.04 bits per heavy atom. The number of rotatable bonds is 8. The van der Waals surface area contributed by atoms with Crippen molar-refractivity contribution in [3.8, 4) is 5.75 Å². The van der Waals surface area contributed by atoms with Crippen LogP contribution < -0.4 is 10.1 Å². The lowest BCUT2D eigenvalue weighted by molar-refractivity contribution is -0.0209. The van der Waals surface area contributed by atoms with Gasteiger partial charge in [0.05, 0.1) is 32.5 Å². The monoisotopic (exact) mass is 394 g/mol. The summed E-state index contributed by atoms with van der Waals surface area (Å²) >= 11 is 0. The van der Waals surface area contributed by atoms with Crippen molar-refractivity contribution in [1.82, 2.24) is 10.2 Å². The van der Waals surface area contributed by atoms with Gasteiger partial charge in [-0.25, -0.2) is 0 Å². The molecule has 0 unspecified atom stereocenters. The third-order valence-corrected chi connectivity index (χ3v) is 5.62. The van der Waals surface area contributed by atoms with Crippen LogP contribution in [0.15, 0.2) is 24.3 Å². The first kappa shape index (κ1) is 21.0. The van der Waals surface area contributed by atoms with Gasteiger partial charge < -0.3 is 29.7 Å². The molecule has 2 saturated heterocycles. The van der Waals surface area contributed by atoms with E-state index in [1.807, 2.05) is 0 Å². The van der Waals surface area contributed by atoms with E-state index in [0.717, 1.165) is 19.4 Å². The summed E-state index contributed by atoms with van der Waals surface area (Å²) in [6.45, 7) is 1.40. The number of nitrogens with zero attached hydrogens (tertiary/aromatic N) is 1. The number of carbonyl (C=O) groups excluding carboxylic acids is 1. The summed E-state index contributed by atoms with van der Waals surface area (Å²) in [5.74, 6) is 0.463. The van der Waals surface area contributed by atoms with Crippen LogP contribution in [-0.4, -0.2) is 91.9 Å². The van der Waals surface area contributed by atoms with Gasteiger partial charge in [0.1, 0.15) is 18.0 Å². The molecule has 28 heavy (non-hydrogen) atoms. The third kappa shape index (κ3) is 4.47. The van der Waals surface area contributed by atoms with Gasteiger partial charge in [0, 0.05) is 25.3 Å². The summed E-state index contributed by atoms with van der Waals surface area (Å²) in [5, 5.41) is 23.2. The number of aliphatic hydroxyl groups excluding tert-OH is 2. The molecule has 0 spiro atoms. The van der Waals surface area contributed by atoms with Crippen molar-refractivity contribution in [3.05, 3.63) is 29.8 Å². The zero-order valence-electron chi connectivity index (χ0n) is 16.4. The van der Waals surface area contributed by atoms with Gasteiger partial charge in [-0.3, -0.25) is 9.69 Å². The smallest absolute Gasteiger partial charge is 0.251 e. The highest BCUT2D eigenvalue weighted by atomic mass is 16.5. The largest absolute Gasteiger partial charge is 0.497 e. The van der Waals surface area contributed by atoms with Crippen molar-refractivity contribution in [2.45, 2.75) is 43.2 Å². The van der Waals surface area contributed by atoms with Crippen molar-refractivity contribution < 1.29 is 29.2 Å². The maximum absolute atomic E-state index is 12.5. The van der Waals surface area contributed by atoms with Gasteiger partial charge in [-0.15, -0.1) is 0 Å². The van der Waals surface area contributed by atoms with Crippen LogP contribution in [0, 0.1) is 0 Å². The van der Waals surface area contributed by atoms with Crippen LogP contribution in [-0.2, 0) is 9.47 Å². The van der Waals surface area contributed by atoms with E-state index in [1.165, 1.54) is 0 Å². The fourth-order valence-corrected chi connectivity index (χ4v) is 4.21. The van der Waals surface area contributed by atoms with Gasteiger partial charge in [-0.2, -0.15) is 0 Å². The highest BCUT2D eigenvalue weighted by molar-refractivity contribution is 5.94. The molecule has 0 aliphatic carbocycles. The van der Waals surface area contributed by atoms with Gasteiger partial charge in [-0.1, -0.05) is 0 Å². The molecule has 3 N–H and O–H groups in total. The normalized spacial score (nSPS) is 30.5. The highest BCUT2D eigenvalue weighted by Crippen LogP contribution is 2.31. The first-order valence-corrected chi connectivity index (χ1v) is 9.70. The minimum atomic E-state index is -0.814. The predicted molar refractivity (Wildman–Crippen MR) is 102 cm³/mol. The zero-order chi connectivity index (χ0) is 20.1. The molecule has 0 radical (unpaired) electrons. The summed E-state index contributed by atoms with van der Waals surface area (Å²) in [6.07, 6.45) is 0.131. The molecule has 8 heteroatoms. The fourth-order valence-electron chi connectivity index (χ4n) is 4.21. The Kier molecular flexibility index (Phi) is 7.25. The van der Waals surface area contributed by atoms with E-state index >= 15 is 0 Å². The quantitative estimate of drug-likeness (QED) is 0.572. The molecular weight excluding hydrogens is 364 g/mol. The van der Waals surface area contributed by atoms with Crippen LogP contribution in [0.1, 0.15) is 23.2 Å². The Balaban J connectivity index is 1.66. The van der Waals surface area contributed by atoms with Crippen LogP contribution >= 0.6 is 0 Å². The molecule has 8 nitrogen and oxygen atoms in total. The first-order chi connectivity index (χ1) is 13.6. The van der Waals surface area contributed by atoms with Crippen LogP contribution in [0.4, 0.5) is 0 Å². The van der Waals surface area contributed by atoms with E-state index in [0.29, 0.717) is 17.9 Å². The van der Waals surface area contributed by atoms with Crippen molar-refractivity contribution in [1.29, 1.82) is 0 Å². The van der Waals surface area contributed by atoms with Crippen LogP contribution in [0.25, 0.3) is 0 Å². The summed E-state index contributed by atoms with van der Waals surface area (Å²) in [6, 6.07) is 6.76. The van der Waals surface area contributed by atoms with E-state index in [9.17, 15) is 15.0 Å². The SMILES string of the molecule is COC[C@H]1CCCN1[C@@H]1[C@H](O)[C@H](CO)O[C@@H]1CNC(=O)c1ccc(OC)cc1. The van der Waals surface area contributed by atoms with E-state index in [-0.39, 0.29) is 31.1 Å². The second-order valence-electron chi connectivity index (χ2n) is 7.30. The molecule has 1 aromatic rings. The summed E-state index contributed by atoms with van der Waals surface area (Å²) in [4.78, 5) is 14.7. The second kappa shape index (κ2) is 9.67. The Morgan fingerprint density at radius 3 is 2.68 bits per heavy atom. The molecule has 2 heterocycles.